The van der Waals surface area contributed by atoms with Crippen molar-refractivity contribution in [2.24, 2.45) is 11.7 Å². The summed E-state index contributed by atoms with van der Waals surface area (Å²) in [7, 11) is 0. The minimum atomic E-state index is -0.0200. The van der Waals surface area contributed by atoms with Gasteiger partial charge in [-0.15, -0.1) is 0 Å². The van der Waals surface area contributed by atoms with E-state index in [4.69, 9.17) is 5.73 Å². The van der Waals surface area contributed by atoms with Crippen LogP contribution in [-0.4, -0.2) is 29.2 Å². The first-order valence-corrected chi connectivity index (χ1v) is 6.60. The Labute approximate surface area is 109 Å². The van der Waals surface area contributed by atoms with Crippen LogP contribution >= 0.6 is 0 Å². The van der Waals surface area contributed by atoms with Gasteiger partial charge in [-0.25, -0.2) is 4.98 Å². The second-order valence-corrected chi connectivity index (χ2v) is 4.88. The molecule has 5 nitrogen and oxygen atoms in total. The SMILES string of the molecule is CCCn1ccnc(N(CCN)CC(C)C)c1=O. The van der Waals surface area contributed by atoms with Gasteiger partial charge in [0.25, 0.3) is 5.56 Å². The summed E-state index contributed by atoms with van der Waals surface area (Å²) >= 11 is 0. The summed E-state index contributed by atoms with van der Waals surface area (Å²) in [6.45, 7) is 9.02. The summed E-state index contributed by atoms with van der Waals surface area (Å²) in [5.41, 5.74) is 5.59. The fourth-order valence-corrected chi connectivity index (χ4v) is 1.95. The highest BCUT2D eigenvalue weighted by atomic mass is 16.1. The molecule has 0 atom stereocenters. The van der Waals surface area contributed by atoms with Crippen LogP contribution in [0.25, 0.3) is 0 Å². The molecule has 5 heteroatoms. The Hall–Kier alpha value is -1.36. The van der Waals surface area contributed by atoms with E-state index in [9.17, 15) is 4.79 Å². The summed E-state index contributed by atoms with van der Waals surface area (Å²) in [6.07, 6.45) is 4.37. The first-order valence-electron chi connectivity index (χ1n) is 6.60. The van der Waals surface area contributed by atoms with Crippen LogP contribution in [0, 0.1) is 5.92 Å². The number of anilines is 1. The van der Waals surface area contributed by atoms with Gasteiger partial charge in [0.05, 0.1) is 0 Å². The largest absolute Gasteiger partial charge is 0.351 e. The van der Waals surface area contributed by atoms with Crippen LogP contribution in [0.4, 0.5) is 5.82 Å². The van der Waals surface area contributed by atoms with Crippen molar-refractivity contribution in [3.8, 4) is 0 Å². The highest BCUT2D eigenvalue weighted by Gasteiger charge is 2.14. The first kappa shape index (κ1) is 14.7. The van der Waals surface area contributed by atoms with E-state index in [-0.39, 0.29) is 5.56 Å². The normalized spacial score (nSPS) is 10.9. The summed E-state index contributed by atoms with van der Waals surface area (Å²) in [5, 5.41) is 0. The van der Waals surface area contributed by atoms with Crippen LogP contribution < -0.4 is 16.2 Å². The van der Waals surface area contributed by atoms with Crippen molar-refractivity contribution >= 4 is 5.82 Å². The standard InChI is InChI=1S/C13H24N4O/c1-4-7-16-9-6-15-12(13(16)18)17(8-5-14)10-11(2)3/h6,9,11H,4-5,7-8,10,14H2,1-3H3. The molecule has 1 aromatic rings. The number of hydrogen-bond donors (Lipinski definition) is 1. The molecule has 0 aliphatic rings. The lowest BCUT2D eigenvalue weighted by Gasteiger charge is -2.24. The second kappa shape index (κ2) is 7.16. The Kier molecular flexibility index (Phi) is 5.85. The Morgan fingerprint density at radius 2 is 2.22 bits per heavy atom. The van der Waals surface area contributed by atoms with Gasteiger partial charge in [-0.3, -0.25) is 4.79 Å². The van der Waals surface area contributed by atoms with Crippen LogP contribution in [0.3, 0.4) is 0 Å². The summed E-state index contributed by atoms with van der Waals surface area (Å²) in [6, 6.07) is 0. The molecule has 0 saturated heterocycles. The van der Waals surface area contributed by atoms with Gasteiger partial charge in [-0.1, -0.05) is 20.8 Å². The van der Waals surface area contributed by atoms with Gasteiger partial charge in [0.1, 0.15) is 0 Å². The van der Waals surface area contributed by atoms with Crippen molar-refractivity contribution in [3.63, 3.8) is 0 Å². The van der Waals surface area contributed by atoms with Gasteiger partial charge < -0.3 is 15.2 Å². The van der Waals surface area contributed by atoms with Crippen molar-refractivity contribution in [1.29, 1.82) is 0 Å². The maximum absolute atomic E-state index is 12.3. The number of nitrogens with two attached hydrogens (primary N) is 1. The zero-order chi connectivity index (χ0) is 13.5. The molecular weight excluding hydrogens is 228 g/mol. The molecule has 0 radical (unpaired) electrons. The average molecular weight is 252 g/mol. The molecule has 0 bridgehead atoms. The van der Waals surface area contributed by atoms with E-state index >= 15 is 0 Å². The molecule has 18 heavy (non-hydrogen) atoms. The maximum Gasteiger partial charge on any atom is 0.293 e. The smallest absolute Gasteiger partial charge is 0.293 e. The van der Waals surface area contributed by atoms with Gasteiger partial charge in [0.15, 0.2) is 5.82 Å². The van der Waals surface area contributed by atoms with Gasteiger partial charge in [0, 0.05) is 38.6 Å². The van der Waals surface area contributed by atoms with E-state index in [1.54, 1.807) is 17.0 Å². The molecule has 1 aromatic heterocycles. The predicted molar refractivity (Wildman–Crippen MR) is 74.9 cm³/mol. The monoisotopic (exact) mass is 252 g/mol. The molecule has 102 valence electrons. The van der Waals surface area contributed by atoms with E-state index in [1.165, 1.54) is 0 Å². The molecular formula is C13H24N4O. The van der Waals surface area contributed by atoms with Crippen LogP contribution in [0.2, 0.25) is 0 Å². The Balaban J connectivity index is 3.03. The lowest BCUT2D eigenvalue weighted by molar-refractivity contribution is 0.593. The van der Waals surface area contributed by atoms with Crippen molar-refractivity contribution in [1.82, 2.24) is 9.55 Å². The van der Waals surface area contributed by atoms with E-state index in [0.717, 1.165) is 19.5 Å². The van der Waals surface area contributed by atoms with Crippen molar-refractivity contribution in [2.45, 2.75) is 33.7 Å². The lowest BCUT2D eigenvalue weighted by atomic mass is 10.2. The first-order chi connectivity index (χ1) is 8.60. The molecule has 0 aromatic carbocycles. The Morgan fingerprint density at radius 3 is 2.78 bits per heavy atom. The fraction of sp³-hybridized carbons (Fsp3) is 0.692. The Bertz CT molecular complexity index is 414. The molecule has 0 unspecified atom stereocenters. The number of nitrogens with zero attached hydrogens (tertiary/aromatic N) is 3. The lowest BCUT2D eigenvalue weighted by Crippen LogP contribution is -2.38. The van der Waals surface area contributed by atoms with Crippen molar-refractivity contribution in [3.05, 3.63) is 22.7 Å². The summed E-state index contributed by atoms with van der Waals surface area (Å²) < 4.78 is 1.71. The third-order valence-corrected chi connectivity index (χ3v) is 2.64. The molecule has 0 aliphatic heterocycles. The second-order valence-electron chi connectivity index (χ2n) is 4.88. The van der Waals surface area contributed by atoms with Crippen molar-refractivity contribution < 1.29 is 0 Å². The third kappa shape index (κ3) is 3.84. The summed E-state index contributed by atoms with van der Waals surface area (Å²) in [5.74, 6) is 0.989. The minimum Gasteiger partial charge on any atom is -0.351 e. The van der Waals surface area contributed by atoms with Crippen LogP contribution in [0.15, 0.2) is 17.2 Å². The minimum absolute atomic E-state index is 0.0200. The third-order valence-electron chi connectivity index (χ3n) is 2.64. The van der Waals surface area contributed by atoms with Gasteiger partial charge in [0.2, 0.25) is 0 Å². The van der Waals surface area contributed by atoms with Gasteiger partial charge in [-0.2, -0.15) is 0 Å². The topological polar surface area (TPSA) is 64.2 Å². The van der Waals surface area contributed by atoms with Crippen molar-refractivity contribution in [2.75, 3.05) is 24.5 Å². The van der Waals surface area contributed by atoms with E-state index in [2.05, 4.69) is 25.8 Å². The average Bonchev–Trinajstić information content (AvgIpc) is 2.31. The number of aryl methyl sites for hydroxylation is 1. The van der Waals surface area contributed by atoms with E-state index in [0.29, 0.717) is 24.8 Å². The number of hydrogen-bond acceptors (Lipinski definition) is 4. The maximum atomic E-state index is 12.3. The molecule has 0 fully saturated rings. The number of aromatic nitrogens is 2. The van der Waals surface area contributed by atoms with Crippen LogP contribution in [-0.2, 0) is 6.54 Å². The van der Waals surface area contributed by atoms with Gasteiger partial charge >= 0.3 is 0 Å². The van der Waals surface area contributed by atoms with Crippen LogP contribution in [0.5, 0.6) is 0 Å². The summed E-state index contributed by atoms with van der Waals surface area (Å²) in [4.78, 5) is 18.5. The van der Waals surface area contributed by atoms with E-state index in [1.807, 2.05) is 4.90 Å². The molecule has 0 saturated carbocycles. The number of rotatable bonds is 7. The molecule has 2 N–H and O–H groups in total. The zero-order valence-electron chi connectivity index (χ0n) is 11.6. The van der Waals surface area contributed by atoms with Gasteiger partial charge in [-0.05, 0) is 12.3 Å². The predicted octanol–water partition coefficient (Wildman–Crippen LogP) is 1.07. The quantitative estimate of drug-likeness (QED) is 0.788. The molecule has 1 rings (SSSR count). The molecule has 0 aliphatic carbocycles. The molecule has 0 amide bonds. The highest BCUT2D eigenvalue weighted by Crippen LogP contribution is 2.07. The van der Waals surface area contributed by atoms with Crippen LogP contribution in [0.1, 0.15) is 27.2 Å². The Morgan fingerprint density at radius 1 is 1.50 bits per heavy atom. The van der Waals surface area contributed by atoms with E-state index < -0.39 is 0 Å². The molecule has 1 heterocycles. The fourth-order valence-electron chi connectivity index (χ4n) is 1.95. The molecule has 0 spiro atoms. The zero-order valence-corrected chi connectivity index (χ0v) is 11.6. The highest BCUT2D eigenvalue weighted by molar-refractivity contribution is 5.35.